The summed E-state index contributed by atoms with van der Waals surface area (Å²) in [6, 6.07) is 1.91. The number of aryl methyl sites for hydroxylation is 2. The summed E-state index contributed by atoms with van der Waals surface area (Å²) >= 11 is 0. The molecule has 0 spiro atoms. The molecule has 1 unspecified atom stereocenters. The highest BCUT2D eigenvalue weighted by Crippen LogP contribution is 2.33. The van der Waals surface area contributed by atoms with Gasteiger partial charge in [-0.05, 0) is 25.8 Å². The Morgan fingerprint density at radius 1 is 1.50 bits per heavy atom. The number of rotatable bonds is 7. The van der Waals surface area contributed by atoms with E-state index in [9.17, 15) is 9.59 Å². The number of ether oxygens (including phenoxy) is 1. The third kappa shape index (κ3) is 3.47. The van der Waals surface area contributed by atoms with E-state index < -0.39 is 11.4 Å². The maximum atomic E-state index is 12.6. The van der Waals surface area contributed by atoms with Crippen molar-refractivity contribution < 1.29 is 14.3 Å². The van der Waals surface area contributed by atoms with Crippen LogP contribution in [0.4, 0.5) is 0 Å². The molecule has 0 aromatic carbocycles. The zero-order valence-electron chi connectivity index (χ0n) is 13.2. The van der Waals surface area contributed by atoms with Gasteiger partial charge in [0.15, 0.2) is 0 Å². The summed E-state index contributed by atoms with van der Waals surface area (Å²) in [5.74, 6) is -0.384. The highest BCUT2D eigenvalue weighted by atomic mass is 16.5. The molecule has 0 aliphatic carbocycles. The van der Waals surface area contributed by atoms with Crippen LogP contribution in [0.3, 0.4) is 0 Å². The van der Waals surface area contributed by atoms with Crippen LogP contribution in [0.5, 0.6) is 0 Å². The van der Waals surface area contributed by atoms with E-state index in [2.05, 4.69) is 5.10 Å². The molecule has 2 N–H and O–H groups in total. The molecule has 1 aliphatic rings. The molecule has 1 aliphatic heterocycles. The van der Waals surface area contributed by atoms with Crippen LogP contribution < -0.4 is 5.73 Å². The molecule has 122 valence electrons. The van der Waals surface area contributed by atoms with E-state index in [1.54, 1.807) is 22.9 Å². The fourth-order valence-electron chi connectivity index (χ4n) is 3.27. The lowest BCUT2D eigenvalue weighted by Gasteiger charge is -2.37. The van der Waals surface area contributed by atoms with Crippen molar-refractivity contribution in [3.8, 4) is 0 Å². The van der Waals surface area contributed by atoms with Gasteiger partial charge in [0.2, 0.25) is 11.8 Å². The number of hydrogen-bond donors (Lipinski definition) is 1. The molecule has 22 heavy (non-hydrogen) atoms. The van der Waals surface area contributed by atoms with Gasteiger partial charge in [-0.2, -0.15) is 5.10 Å². The van der Waals surface area contributed by atoms with E-state index in [0.29, 0.717) is 26.1 Å². The average molecular weight is 308 g/mol. The largest absolute Gasteiger partial charge is 0.382 e. The minimum absolute atomic E-state index is 0.0192. The SMILES string of the molecule is COCC1(CC(N)=O)CCCN1C(=O)CCn1nccc1C. The number of amides is 2. The molecule has 0 saturated carbocycles. The summed E-state index contributed by atoms with van der Waals surface area (Å²) < 4.78 is 7.07. The summed E-state index contributed by atoms with van der Waals surface area (Å²) in [5, 5.41) is 4.18. The zero-order valence-corrected chi connectivity index (χ0v) is 13.2. The molecule has 1 fully saturated rings. The Balaban J connectivity index is 2.05. The van der Waals surface area contributed by atoms with Gasteiger partial charge in [-0.3, -0.25) is 14.3 Å². The molecule has 2 heterocycles. The van der Waals surface area contributed by atoms with Crippen molar-refractivity contribution in [3.05, 3.63) is 18.0 Å². The highest BCUT2D eigenvalue weighted by Gasteiger charge is 2.44. The first-order chi connectivity index (χ1) is 10.5. The van der Waals surface area contributed by atoms with Crippen LogP contribution in [0.2, 0.25) is 0 Å². The molecule has 1 atom stereocenters. The molecule has 1 saturated heterocycles. The lowest BCUT2D eigenvalue weighted by Crippen LogP contribution is -2.52. The lowest BCUT2D eigenvalue weighted by atomic mass is 9.92. The lowest BCUT2D eigenvalue weighted by molar-refractivity contribution is -0.139. The fourth-order valence-corrected chi connectivity index (χ4v) is 3.27. The van der Waals surface area contributed by atoms with Crippen LogP contribution in [0.25, 0.3) is 0 Å². The van der Waals surface area contributed by atoms with Crippen molar-refractivity contribution in [2.75, 3.05) is 20.3 Å². The maximum Gasteiger partial charge on any atom is 0.224 e. The number of nitrogens with zero attached hydrogens (tertiary/aromatic N) is 3. The normalized spacial score (nSPS) is 21.3. The molecule has 7 heteroatoms. The first kappa shape index (κ1) is 16.5. The summed E-state index contributed by atoms with van der Waals surface area (Å²) in [6.07, 6.45) is 3.83. The van der Waals surface area contributed by atoms with Gasteiger partial charge in [0, 0.05) is 38.5 Å². The van der Waals surface area contributed by atoms with Crippen molar-refractivity contribution in [2.24, 2.45) is 5.73 Å². The Morgan fingerprint density at radius 3 is 2.86 bits per heavy atom. The number of likely N-dealkylation sites (tertiary alicyclic amines) is 1. The molecule has 0 bridgehead atoms. The Morgan fingerprint density at radius 2 is 2.27 bits per heavy atom. The second-order valence-electron chi connectivity index (χ2n) is 5.90. The summed E-state index contributed by atoms with van der Waals surface area (Å²) in [7, 11) is 1.58. The van der Waals surface area contributed by atoms with Gasteiger partial charge in [-0.15, -0.1) is 0 Å². The number of nitrogens with two attached hydrogens (primary N) is 1. The van der Waals surface area contributed by atoms with Gasteiger partial charge in [0.05, 0.1) is 18.6 Å². The van der Waals surface area contributed by atoms with E-state index in [-0.39, 0.29) is 12.3 Å². The van der Waals surface area contributed by atoms with Crippen molar-refractivity contribution in [1.29, 1.82) is 0 Å². The molecule has 0 radical (unpaired) electrons. The number of methoxy groups -OCH3 is 1. The van der Waals surface area contributed by atoms with Gasteiger partial charge < -0.3 is 15.4 Å². The van der Waals surface area contributed by atoms with Gasteiger partial charge in [-0.1, -0.05) is 0 Å². The third-order valence-electron chi connectivity index (χ3n) is 4.28. The van der Waals surface area contributed by atoms with E-state index >= 15 is 0 Å². The summed E-state index contributed by atoms with van der Waals surface area (Å²) in [4.78, 5) is 25.8. The molecular formula is C15H24N4O3. The van der Waals surface area contributed by atoms with E-state index in [4.69, 9.17) is 10.5 Å². The average Bonchev–Trinajstić information content (AvgIpc) is 3.03. The second-order valence-corrected chi connectivity index (χ2v) is 5.90. The van der Waals surface area contributed by atoms with E-state index in [1.807, 2.05) is 13.0 Å². The van der Waals surface area contributed by atoms with E-state index in [0.717, 1.165) is 18.5 Å². The summed E-state index contributed by atoms with van der Waals surface area (Å²) in [6.45, 7) is 3.47. The minimum Gasteiger partial charge on any atom is -0.382 e. The molecular weight excluding hydrogens is 284 g/mol. The Hall–Kier alpha value is -1.89. The first-order valence-electron chi connectivity index (χ1n) is 7.55. The van der Waals surface area contributed by atoms with Crippen LogP contribution in [-0.2, 0) is 20.9 Å². The topological polar surface area (TPSA) is 90.5 Å². The number of primary amides is 1. The predicted molar refractivity (Wildman–Crippen MR) is 80.9 cm³/mol. The molecule has 7 nitrogen and oxygen atoms in total. The van der Waals surface area contributed by atoms with Crippen LogP contribution in [0.1, 0.15) is 31.4 Å². The highest BCUT2D eigenvalue weighted by molar-refractivity contribution is 5.80. The van der Waals surface area contributed by atoms with Crippen LogP contribution in [0, 0.1) is 6.92 Å². The Labute approximate surface area is 130 Å². The van der Waals surface area contributed by atoms with Crippen molar-refractivity contribution in [2.45, 2.75) is 44.7 Å². The predicted octanol–water partition coefficient (Wildman–Crippen LogP) is 0.465. The minimum atomic E-state index is -0.586. The van der Waals surface area contributed by atoms with Crippen LogP contribution in [0.15, 0.2) is 12.3 Å². The van der Waals surface area contributed by atoms with Crippen LogP contribution in [-0.4, -0.2) is 52.3 Å². The smallest absolute Gasteiger partial charge is 0.224 e. The van der Waals surface area contributed by atoms with Crippen molar-refractivity contribution in [3.63, 3.8) is 0 Å². The molecule has 1 aromatic rings. The number of aromatic nitrogens is 2. The van der Waals surface area contributed by atoms with Crippen LogP contribution >= 0.6 is 0 Å². The number of carbonyl (C=O) groups is 2. The quantitative estimate of drug-likeness (QED) is 0.792. The monoisotopic (exact) mass is 308 g/mol. The molecule has 2 rings (SSSR count). The van der Waals surface area contributed by atoms with Gasteiger partial charge in [0.1, 0.15) is 0 Å². The first-order valence-corrected chi connectivity index (χ1v) is 7.55. The van der Waals surface area contributed by atoms with Gasteiger partial charge >= 0.3 is 0 Å². The summed E-state index contributed by atoms with van der Waals surface area (Å²) in [5.41, 5.74) is 5.81. The maximum absolute atomic E-state index is 12.6. The molecule has 2 amide bonds. The fraction of sp³-hybridized carbons (Fsp3) is 0.667. The van der Waals surface area contributed by atoms with Gasteiger partial charge in [-0.25, -0.2) is 0 Å². The Bertz CT molecular complexity index is 543. The number of carbonyl (C=O) groups excluding carboxylic acids is 2. The third-order valence-corrected chi connectivity index (χ3v) is 4.28. The van der Waals surface area contributed by atoms with Gasteiger partial charge in [0.25, 0.3) is 0 Å². The molecule has 1 aromatic heterocycles. The second kappa shape index (κ2) is 6.91. The Kier molecular flexibility index (Phi) is 5.18. The standard InChI is InChI=1S/C15H24N4O3/c1-12-4-7-17-19(12)9-5-14(21)18-8-3-6-15(18,11-22-2)10-13(16)20/h4,7H,3,5-6,8-11H2,1-2H3,(H2,16,20). The number of hydrogen-bond acceptors (Lipinski definition) is 4. The van der Waals surface area contributed by atoms with Crippen molar-refractivity contribution >= 4 is 11.8 Å². The van der Waals surface area contributed by atoms with E-state index in [1.165, 1.54) is 0 Å². The zero-order chi connectivity index (χ0) is 16.2. The van der Waals surface area contributed by atoms with Crippen molar-refractivity contribution in [1.82, 2.24) is 14.7 Å².